The predicted molar refractivity (Wildman–Crippen MR) is 140 cm³/mol. The number of fused-ring (bicyclic) bond motifs is 1. The molecule has 6 rings (SSSR count). The first-order valence-corrected chi connectivity index (χ1v) is 12.8. The summed E-state index contributed by atoms with van der Waals surface area (Å²) in [5, 5.41) is 7.95. The van der Waals surface area contributed by atoms with E-state index in [-0.39, 0.29) is 23.9 Å². The van der Waals surface area contributed by atoms with Crippen LogP contribution in [-0.4, -0.2) is 33.6 Å². The Morgan fingerprint density at radius 2 is 1.86 bits per heavy atom. The van der Waals surface area contributed by atoms with Gasteiger partial charge < -0.3 is 10.6 Å². The Morgan fingerprint density at radius 3 is 2.67 bits per heavy atom. The van der Waals surface area contributed by atoms with Crippen LogP contribution in [0, 0.1) is 12.8 Å². The van der Waals surface area contributed by atoms with Gasteiger partial charge in [0.1, 0.15) is 0 Å². The second-order valence-electron chi connectivity index (χ2n) is 9.13. The van der Waals surface area contributed by atoms with Crippen LogP contribution in [0.3, 0.4) is 0 Å². The van der Waals surface area contributed by atoms with E-state index in [0.717, 1.165) is 46.2 Å². The van der Waals surface area contributed by atoms with Crippen LogP contribution in [0.15, 0.2) is 60.8 Å². The molecule has 2 aromatic carbocycles. The molecular formula is C27H25N5O3S. The van der Waals surface area contributed by atoms with Gasteiger partial charge in [0.2, 0.25) is 5.91 Å². The number of carbonyl (C=O) groups is 2. The molecule has 2 aliphatic rings. The van der Waals surface area contributed by atoms with Crippen molar-refractivity contribution in [3.05, 3.63) is 72.1 Å². The number of urea groups is 1. The third-order valence-corrected chi connectivity index (χ3v) is 7.45. The fourth-order valence-corrected chi connectivity index (χ4v) is 5.25. The SMILES string of the molecule is Cc1ncc(-c2ccc3nc(NC(=O)C4CC4)sc3c2)cc1NC(=O)N1OCCC1c1ccccc1. The number of nitrogens with zero attached hydrogens (tertiary/aromatic N) is 3. The van der Waals surface area contributed by atoms with Gasteiger partial charge in [-0.15, -0.1) is 0 Å². The normalized spacial score (nSPS) is 17.4. The number of hydrogen-bond acceptors (Lipinski definition) is 6. The van der Waals surface area contributed by atoms with Crippen LogP contribution >= 0.6 is 11.3 Å². The van der Waals surface area contributed by atoms with E-state index >= 15 is 0 Å². The lowest BCUT2D eigenvalue weighted by Crippen LogP contribution is -2.33. The van der Waals surface area contributed by atoms with Gasteiger partial charge in [0, 0.05) is 24.1 Å². The third kappa shape index (κ3) is 4.55. The number of carbonyl (C=O) groups excluding carboxylic acids is 2. The lowest BCUT2D eigenvalue weighted by molar-refractivity contribution is -0.117. The van der Waals surface area contributed by atoms with Crippen LogP contribution in [0.5, 0.6) is 0 Å². The van der Waals surface area contributed by atoms with Gasteiger partial charge in [-0.2, -0.15) is 5.06 Å². The second-order valence-corrected chi connectivity index (χ2v) is 10.2. The van der Waals surface area contributed by atoms with E-state index in [0.29, 0.717) is 23.1 Å². The molecular weight excluding hydrogens is 474 g/mol. The largest absolute Gasteiger partial charge is 0.346 e. The number of aromatic nitrogens is 2. The summed E-state index contributed by atoms with van der Waals surface area (Å²) in [7, 11) is 0. The van der Waals surface area contributed by atoms with Gasteiger partial charge in [0.25, 0.3) is 0 Å². The summed E-state index contributed by atoms with van der Waals surface area (Å²) >= 11 is 1.46. The molecule has 1 unspecified atom stereocenters. The summed E-state index contributed by atoms with van der Waals surface area (Å²) in [5.74, 6) is 0.183. The van der Waals surface area contributed by atoms with Crippen LogP contribution in [0.4, 0.5) is 15.6 Å². The van der Waals surface area contributed by atoms with E-state index in [1.165, 1.54) is 16.4 Å². The number of hydroxylamine groups is 2. The Balaban J connectivity index is 1.22. The summed E-state index contributed by atoms with van der Waals surface area (Å²) in [6, 6.07) is 17.3. The molecule has 2 fully saturated rings. The standard InChI is InChI=1S/C27H25N5O3S/c1-16-22(30-27(34)32-23(11-12-35-32)17-5-3-2-4-6-17)13-20(15-28-16)19-9-10-21-24(14-19)36-26(29-21)31-25(33)18-7-8-18/h2-6,9-10,13-15,18,23H,7-8,11-12H2,1H3,(H,30,34)(H,29,31,33). The zero-order chi connectivity index (χ0) is 24.6. The number of amides is 3. The molecule has 8 nitrogen and oxygen atoms in total. The molecule has 3 amide bonds. The summed E-state index contributed by atoms with van der Waals surface area (Å²) in [6.45, 7) is 2.35. The van der Waals surface area contributed by atoms with Crippen molar-refractivity contribution in [1.29, 1.82) is 0 Å². The maximum atomic E-state index is 13.1. The minimum Gasteiger partial charge on any atom is -0.304 e. The highest BCUT2D eigenvalue weighted by Crippen LogP contribution is 2.35. The molecule has 2 aromatic heterocycles. The molecule has 2 N–H and O–H groups in total. The molecule has 1 aliphatic heterocycles. The molecule has 0 bridgehead atoms. The average molecular weight is 500 g/mol. The molecule has 1 saturated heterocycles. The van der Waals surface area contributed by atoms with E-state index < -0.39 is 0 Å². The van der Waals surface area contributed by atoms with E-state index in [1.54, 1.807) is 6.20 Å². The second kappa shape index (κ2) is 9.33. The smallest absolute Gasteiger partial charge is 0.304 e. The monoisotopic (exact) mass is 499 g/mol. The zero-order valence-electron chi connectivity index (χ0n) is 19.7. The Hall–Kier alpha value is -3.82. The van der Waals surface area contributed by atoms with E-state index in [4.69, 9.17) is 4.84 Å². The van der Waals surface area contributed by atoms with Gasteiger partial charge in [0.05, 0.1) is 34.2 Å². The number of pyridine rings is 1. The number of nitrogens with one attached hydrogen (secondary N) is 2. The highest BCUT2D eigenvalue weighted by atomic mass is 32.1. The van der Waals surface area contributed by atoms with Crippen LogP contribution in [-0.2, 0) is 9.63 Å². The van der Waals surface area contributed by atoms with Gasteiger partial charge in [-0.25, -0.2) is 9.78 Å². The molecule has 36 heavy (non-hydrogen) atoms. The van der Waals surface area contributed by atoms with Crippen molar-refractivity contribution in [3.8, 4) is 11.1 Å². The van der Waals surface area contributed by atoms with Crippen molar-refractivity contribution in [2.24, 2.45) is 5.92 Å². The molecule has 4 aromatic rings. The van der Waals surface area contributed by atoms with Crippen LogP contribution in [0.2, 0.25) is 0 Å². The fraction of sp³-hybridized carbons (Fsp3) is 0.259. The highest BCUT2D eigenvalue weighted by Gasteiger charge is 2.32. The van der Waals surface area contributed by atoms with Crippen LogP contribution in [0.25, 0.3) is 21.3 Å². The van der Waals surface area contributed by atoms with Gasteiger partial charge in [-0.1, -0.05) is 47.7 Å². The lowest BCUT2D eigenvalue weighted by atomic mass is 10.1. The topological polar surface area (TPSA) is 96.4 Å². The average Bonchev–Trinajstić information content (AvgIpc) is 3.49. The first-order valence-electron chi connectivity index (χ1n) is 12.0. The predicted octanol–water partition coefficient (Wildman–Crippen LogP) is 5.93. The van der Waals surface area contributed by atoms with Crippen molar-refractivity contribution in [2.45, 2.75) is 32.2 Å². The van der Waals surface area contributed by atoms with E-state index in [1.807, 2.05) is 61.5 Å². The molecule has 3 heterocycles. The van der Waals surface area contributed by atoms with Crippen LogP contribution < -0.4 is 10.6 Å². The van der Waals surface area contributed by atoms with Crippen molar-refractivity contribution in [2.75, 3.05) is 17.2 Å². The zero-order valence-corrected chi connectivity index (χ0v) is 20.5. The van der Waals surface area contributed by atoms with Gasteiger partial charge in [-0.3, -0.25) is 14.6 Å². The van der Waals surface area contributed by atoms with Gasteiger partial charge in [-0.05, 0) is 49.1 Å². The Bertz CT molecular complexity index is 1450. The maximum absolute atomic E-state index is 13.1. The minimum atomic E-state index is -0.322. The van der Waals surface area contributed by atoms with Crippen LogP contribution in [0.1, 0.15) is 36.6 Å². The minimum absolute atomic E-state index is 0.0499. The number of rotatable bonds is 5. The van der Waals surface area contributed by atoms with Crippen molar-refractivity contribution in [1.82, 2.24) is 15.0 Å². The van der Waals surface area contributed by atoms with Gasteiger partial charge in [0.15, 0.2) is 5.13 Å². The Kier molecular flexibility index (Phi) is 5.86. The summed E-state index contributed by atoms with van der Waals surface area (Å²) in [4.78, 5) is 40.0. The van der Waals surface area contributed by atoms with Gasteiger partial charge >= 0.3 is 6.03 Å². The first kappa shape index (κ1) is 22.6. The maximum Gasteiger partial charge on any atom is 0.346 e. The fourth-order valence-electron chi connectivity index (χ4n) is 4.35. The quantitative estimate of drug-likeness (QED) is 0.355. The summed E-state index contributed by atoms with van der Waals surface area (Å²) < 4.78 is 0.973. The lowest BCUT2D eigenvalue weighted by Gasteiger charge is -2.23. The Labute approximate surface area is 212 Å². The number of aryl methyl sites for hydroxylation is 1. The third-order valence-electron chi connectivity index (χ3n) is 6.52. The molecule has 1 aliphatic carbocycles. The molecule has 1 saturated carbocycles. The number of benzene rings is 2. The molecule has 1 atom stereocenters. The molecule has 9 heteroatoms. The number of anilines is 2. The molecule has 182 valence electrons. The van der Waals surface area contributed by atoms with E-state index in [9.17, 15) is 9.59 Å². The number of thiazole rings is 1. The first-order chi connectivity index (χ1) is 17.5. The molecule has 0 spiro atoms. The highest BCUT2D eigenvalue weighted by molar-refractivity contribution is 7.22. The van der Waals surface area contributed by atoms with E-state index in [2.05, 4.69) is 20.6 Å². The van der Waals surface area contributed by atoms with Crippen molar-refractivity contribution in [3.63, 3.8) is 0 Å². The number of hydrogen-bond donors (Lipinski definition) is 2. The van der Waals surface area contributed by atoms with Crippen molar-refractivity contribution >= 4 is 44.3 Å². The Morgan fingerprint density at radius 1 is 1.03 bits per heavy atom. The molecule has 0 radical (unpaired) electrons. The van der Waals surface area contributed by atoms with Crippen molar-refractivity contribution < 1.29 is 14.4 Å². The summed E-state index contributed by atoms with van der Waals surface area (Å²) in [6.07, 6.45) is 4.45. The summed E-state index contributed by atoms with van der Waals surface area (Å²) in [5.41, 5.74) is 5.04.